The van der Waals surface area contributed by atoms with Crippen molar-refractivity contribution in [2.45, 2.75) is 19.1 Å². The van der Waals surface area contributed by atoms with Gasteiger partial charge >= 0.3 is 0 Å². The van der Waals surface area contributed by atoms with E-state index in [1.165, 1.54) is 16.0 Å². The second kappa shape index (κ2) is 7.15. The highest BCUT2D eigenvalue weighted by Crippen LogP contribution is 2.33. The molecule has 0 spiro atoms. The molecular weight excluding hydrogens is 292 g/mol. The van der Waals surface area contributed by atoms with Gasteiger partial charge in [0, 0.05) is 37.4 Å². The van der Waals surface area contributed by atoms with Crippen molar-refractivity contribution in [2.24, 2.45) is 0 Å². The first-order valence-electron chi connectivity index (χ1n) is 7.56. The van der Waals surface area contributed by atoms with Crippen molar-refractivity contribution in [3.8, 4) is 6.07 Å². The molecule has 1 aliphatic heterocycles. The Morgan fingerprint density at radius 3 is 2.91 bits per heavy atom. The average Bonchev–Trinajstić information content (AvgIpc) is 2.76. The molecule has 1 unspecified atom stereocenters. The van der Waals surface area contributed by atoms with E-state index in [-0.39, 0.29) is 6.10 Å². The average molecular weight is 312 g/mol. The summed E-state index contributed by atoms with van der Waals surface area (Å²) in [6.07, 6.45) is 5.80. The lowest BCUT2D eigenvalue weighted by atomic mass is 10.0. The van der Waals surface area contributed by atoms with Gasteiger partial charge in [0.2, 0.25) is 0 Å². The molecule has 0 amide bonds. The highest BCUT2D eigenvalue weighted by atomic mass is 32.2. The summed E-state index contributed by atoms with van der Waals surface area (Å²) in [7, 11) is 1.78. The third-order valence-electron chi connectivity index (χ3n) is 4.09. The molecule has 1 fully saturated rings. The van der Waals surface area contributed by atoms with Crippen molar-refractivity contribution in [3.63, 3.8) is 0 Å². The van der Waals surface area contributed by atoms with E-state index in [2.05, 4.69) is 35.3 Å². The van der Waals surface area contributed by atoms with E-state index in [0.717, 1.165) is 37.4 Å². The van der Waals surface area contributed by atoms with Crippen LogP contribution in [0.3, 0.4) is 0 Å². The zero-order valence-corrected chi connectivity index (χ0v) is 13.6. The first-order valence-corrected chi connectivity index (χ1v) is 8.55. The van der Waals surface area contributed by atoms with Gasteiger partial charge in [-0.15, -0.1) is 11.8 Å². The summed E-state index contributed by atoms with van der Waals surface area (Å²) in [5.41, 5.74) is 3.38. The maximum Gasteiger partial charge on any atom is 0.0991 e. The van der Waals surface area contributed by atoms with Crippen LogP contribution < -0.4 is 0 Å². The number of rotatable bonds is 3. The van der Waals surface area contributed by atoms with E-state index in [9.17, 15) is 0 Å². The van der Waals surface area contributed by atoms with Crippen molar-refractivity contribution < 1.29 is 4.74 Å². The quantitative estimate of drug-likeness (QED) is 0.858. The number of benzene rings is 1. The third kappa shape index (κ3) is 3.61. The molecule has 0 radical (unpaired) electrons. The van der Waals surface area contributed by atoms with Gasteiger partial charge in [-0.2, -0.15) is 5.26 Å². The largest absolute Gasteiger partial charge is 0.377 e. The van der Waals surface area contributed by atoms with Crippen LogP contribution in [0.2, 0.25) is 0 Å². The van der Waals surface area contributed by atoms with Crippen LogP contribution in [0.15, 0.2) is 46.9 Å². The number of thioether (sulfide) groups is 1. The third-order valence-corrected chi connectivity index (χ3v) is 5.22. The Kier molecular flexibility index (Phi) is 4.99. The Labute approximate surface area is 136 Å². The molecule has 1 saturated heterocycles. The molecule has 1 aromatic rings. The fourth-order valence-corrected chi connectivity index (χ4v) is 3.96. The molecule has 2 aliphatic rings. The molecule has 3 nitrogen and oxygen atoms in total. The predicted molar refractivity (Wildman–Crippen MR) is 90.5 cm³/mol. The standard InChI is InChI=1S/C18H20N2OS/c1-21-17-6-7-18-16(10-17)13-20(8-9-22-18)12-15-4-2-14(11-19)3-5-15/h2-5,7,10,17H,6,8-9,12-13H2,1H3. The highest BCUT2D eigenvalue weighted by molar-refractivity contribution is 8.03. The topological polar surface area (TPSA) is 36.3 Å². The summed E-state index contributed by atoms with van der Waals surface area (Å²) in [4.78, 5) is 3.90. The summed E-state index contributed by atoms with van der Waals surface area (Å²) >= 11 is 1.95. The van der Waals surface area contributed by atoms with Crippen molar-refractivity contribution >= 4 is 11.8 Å². The van der Waals surface area contributed by atoms with Gasteiger partial charge in [-0.3, -0.25) is 4.90 Å². The Bertz CT molecular complexity index is 627. The van der Waals surface area contributed by atoms with Crippen LogP contribution in [0.1, 0.15) is 17.5 Å². The molecule has 0 aromatic heterocycles. The molecule has 0 bridgehead atoms. The van der Waals surface area contributed by atoms with E-state index < -0.39 is 0 Å². The lowest BCUT2D eigenvalue weighted by Crippen LogP contribution is -2.27. The number of hydrogen-bond donors (Lipinski definition) is 0. The zero-order chi connectivity index (χ0) is 15.4. The summed E-state index contributed by atoms with van der Waals surface area (Å²) in [6, 6.07) is 10.1. The first kappa shape index (κ1) is 15.4. The lowest BCUT2D eigenvalue weighted by Gasteiger charge is -2.23. The van der Waals surface area contributed by atoms with E-state index >= 15 is 0 Å². The van der Waals surface area contributed by atoms with Crippen LogP contribution in [0, 0.1) is 11.3 Å². The minimum atomic E-state index is 0.217. The normalized spacial score (nSPS) is 22.1. The van der Waals surface area contributed by atoms with Crippen LogP contribution in [0.5, 0.6) is 0 Å². The molecular formula is C18H20N2OS. The molecule has 1 atom stereocenters. The monoisotopic (exact) mass is 312 g/mol. The summed E-state index contributed by atoms with van der Waals surface area (Å²) < 4.78 is 5.48. The molecule has 0 N–H and O–H groups in total. The molecule has 22 heavy (non-hydrogen) atoms. The van der Waals surface area contributed by atoms with Crippen LogP contribution in [0.4, 0.5) is 0 Å². The Balaban J connectivity index is 1.70. The van der Waals surface area contributed by atoms with Gasteiger partial charge in [0.1, 0.15) is 0 Å². The van der Waals surface area contributed by atoms with Crippen molar-refractivity contribution in [3.05, 3.63) is 58.0 Å². The minimum absolute atomic E-state index is 0.217. The van der Waals surface area contributed by atoms with Gasteiger partial charge in [0.25, 0.3) is 0 Å². The van der Waals surface area contributed by atoms with Crippen LogP contribution in [0.25, 0.3) is 0 Å². The van der Waals surface area contributed by atoms with Gasteiger partial charge in [-0.1, -0.05) is 24.3 Å². The van der Waals surface area contributed by atoms with Gasteiger partial charge in [0.15, 0.2) is 0 Å². The second-order valence-electron chi connectivity index (χ2n) is 5.64. The van der Waals surface area contributed by atoms with E-state index in [0.29, 0.717) is 0 Å². The molecule has 1 heterocycles. The molecule has 1 aromatic carbocycles. The lowest BCUT2D eigenvalue weighted by molar-refractivity contribution is 0.141. The predicted octanol–water partition coefficient (Wildman–Crippen LogP) is 3.34. The molecule has 3 rings (SSSR count). The van der Waals surface area contributed by atoms with Crippen molar-refractivity contribution in [1.82, 2.24) is 4.90 Å². The van der Waals surface area contributed by atoms with Gasteiger partial charge in [-0.05, 0) is 29.7 Å². The SMILES string of the molecule is COC1C=C2CN(Cc3ccc(C#N)cc3)CCSC2=CC1. The summed E-state index contributed by atoms with van der Waals surface area (Å²) in [5, 5.41) is 8.88. The molecule has 4 heteroatoms. The maximum atomic E-state index is 8.88. The second-order valence-corrected chi connectivity index (χ2v) is 6.77. The number of nitrogens with zero attached hydrogens (tertiary/aromatic N) is 2. The Hall–Kier alpha value is -1.54. The van der Waals surface area contributed by atoms with E-state index in [4.69, 9.17) is 10.00 Å². The first-order chi connectivity index (χ1) is 10.8. The van der Waals surface area contributed by atoms with Crippen molar-refractivity contribution in [2.75, 3.05) is 26.0 Å². The number of nitriles is 1. The van der Waals surface area contributed by atoms with Crippen LogP contribution in [-0.4, -0.2) is 37.0 Å². The van der Waals surface area contributed by atoms with E-state index in [1.54, 1.807) is 7.11 Å². The van der Waals surface area contributed by atoms with Crippen LogP contribution in [-0.2, 0) is 11.3 Å². The molecule has 1 aliphatic carbocycles. The summed E-state index contributed by atoms with van der Waals surface area (Å²) in [6.45, 7) is 2.98. The fraction of sp³-hybridized carbons (Fsp3) is 0.389. The number of fused-ring (bicyclic) bond motifs is 1. The number of ether oxygens (including phenoxy) is 1. The van der Waals surface area contributed by atoms with Gasteiger partial charge in [-0.25, -0.2) is 0 Å². The smallest absolute Gasteiger partial charge is 0.0991 e. The molecule has 114 valence electrons. The van der Waals surface area contributed by atoms with Crippen LogP contribution >= 0.6 is 11.8 Å². The Morgan fingerprint density at radius 1 is 1.36 bits per heavy atom. The molecule has 0 saturated carbocycles. The highest BCUT2D eigenvalue weighted by Gasteiger charge is 2.21. The minimum Gasteiger partial charge on any atom is -0.377 e. The maximum absolute atomic E-state index is 8.88. The van der Waals surface area contributed by atoms with Gasteiger partial charge in [0.05, 0.1) is 17.7 Å². The summed E-state index contributed by atoms with van der Waals surface area (Å²) in [5.74, 6) is 1.12. The number of hydrogen-bond acceptors (Lipinski definition) is 4. The number of methoxy groups -OCH3 is 1. The fourth-order valence-electron chi connectivity index (χ4n) is 2.86. The van der Waals surface area contributed by atoms with Gasteiger partial charge < -0.3 is 4.74 Å². The zero-order valence-electron chi connectivity index (χ0n) is 12.8. The van der Waals surface area contributed by atoms with Crippen molar-refractivity contribution in [1.29, 1.82) is 5.26 Å². The van der Waals surface area contributed by atoms with E-state index in [1.807, 2.05) is 23.9 Å². The Morgan fingerprint density at radius 2 is 2.18 bits per heavy atom.